The highest BCUT2D eigenvalue weighted by molar-refractivity contribution is 6.30. The first-order valence-electron chi connectivity index (χ1n) is 2.98. The molecule has 0 aliphatic carbocycles. The third-order valence-electron chi connectivity index (χ3n) is 1.31. The van der Waals surface area contributed by atoms with Crippen molar-refractivity contribution in [2.45, 2.75) is 6.54 Å². The van der Waals surface area contributed by atoms with Gasteiger partial charge in [0.25, 0.3) is 0 Å². The Morgan fingerprint density at radius 1 is 1.25 bits per heavy atom. The van der Waals surface area contributed by atoms with E-state index >= 15 is 0 Å². The lowest BCUT2D eigenvalue weighted by molar-refractivity contribution is 0.586. The number of rotatable bonds is 1. The highest BCUT2D eigenvalue weighted by Crippen LogP contribution is 2.18. The van der Waals surface area contributed by atoms with Crippen LogP contribution in [0.15, 0.2) is 12.1 Å². The van der Waals surface area contributed by atoms with Gasteiger partial charge in [-0.1, -0.05) is 11.6 Å². The first-order chi connectivity index (χ1) is 5.15. The maximum Gasteiger partial charge on any atom is 0.142 e. The van der Waals surface area contributed by atoms with Crippen LogP contribution >= 0.6 is 24.0 Å². The van der Waals surface area contributed by atoms with Gasteiger partial charge >= 0.3 is 0 Å². The van der Waals surface area contributed by atoms with E-state index in [-0.39, 0.29) is 29.5 Å². The summed E-state index contributed by atoms with van der Waals surface area (Å²) in [5.74, 6) is -1.22. The monoisotopic (exact) mass is 213 g/mol. The van der Waals surface area contributed by atoms with E-state index in [2.05, 4.69) is 0 Å². The molecule has 1 nitrogen and oxygen atoms in total. The summed E-state index contributed by atoms with van der Waals surface area (Å²) in [7, 11) is 0. The first-order valence-corrected chi connectivity index (χ1v) is 3.36. The summed E-state index contributed by atoms with van der Waals surface area (Å²) in [4.78, 5) is 0. The molecule has 0 fully saturated rings. The van der Waals surface area contributed by atoms with Crippen LogP contribution in [0.1, 0.15) is 5.56 Å². The SMILES string of the molecule is Cl.NCc1cc(F)c(Cl)cc1F. The van der Waals surface area contributed by atoms with Crippen molar-refractivity contribution in [2.24, 2.45) is 5.73 Å². The molecule has 0 aliphatic heterocycles. The van der Waals surface area contributed by atoms with Gasteiger partial charge in [-0.25, -0.2) is 8.78 Å². The molecule has 5 heteroatoms. The van der Waals surface area contributed by atoms with Crippen LogP contribution in [0.3, 0.4) is 0 Å². The van der Waals surface area contributed by atoms with E-state index in [1.54, 1.807) is 0 Å². The molecular weight excluding hydrogens is 207 g/mol. The largest absolute Gasteiger partial charge is 0.326 e. The molecule has 0 saturated carbocycles. The molecular formula is C7H7Cl2F2N. The van der Waals surface area contributed by atoms with Crippen molar-refractivity contribution < 1.29 is 8.78 Å². The van der Waals surface area contributed by atoms with Crippen molar-refractivity contribution in [2.75, 3.05) is 0 Å². The van der Waals surface area contributed by atoms with Crippen molar-refractivity contribution in [3.63, 3.8) is 0 Å². The van der Waals surface area contributed by atoms with Gasteiger partial charge in [0, 0.05) is 12.1 Å². The van der Waals surface area contributed by atoms with Crippen molar-refractivity contribution >= 4 is 24.0 Å². The van der Waals surface area contributed by atoms with Crippen molar-refractivity contribution in [3.05, 3.63) is 34.4 Å². The van der Waals surface area contributed by atoms with Crippen LogP contribution in [0.5, 0.6) is 0 Å². The second-order valence-electron chi connectivity index (χ2n) is 2.06. The Balaban J connectivity index is 0.00000121. The molecule has 68 valence electrons. The smallest absolute Gasteiger partial charge is 0.142 e. The summed E-state index contributed by atoms with van der Waals surface area (Å²) in [6.07, 6.45) is 0. The fourth-order valence-electron chi connectivity index (χ4n) is 0.720. The average molecular weight is 214 g/mol. The van der Waals surface area contributed by atoms with Crippen LogP contribution in [0.25, 0.3) is 0 Å². The fourth-order valence-corrected chi connectivity index (χ4v) is 0.871. The normalized spacial score (nSPS) is 9.33. The van der Waals surface area contributed by atoms with Crippen LogP contribution in [0.2, 0.25) is 5.02 Å². The Bertz CT molecular complexity index is 278. The van der Waals surface area contributed by atoms with E-state index in [1.807, 2.05) is 0 Å². The van der Waals surface area contributed by atoms with Gasteiger partial charge < -0.3 is 5.73 Å². The Morgan fingerprint density at radius 3 is 2.33 bits per heavy atom. The summed E-state index contributed by atoms with van der Waals surface area (Å²) in [6, 6.07) is 1.91. The van der Waals surface area contributed by atoms with E-state index in [0.29, 0.717) is 0 Å². The zero-order valence-corrected chi connectivity index (χ0v) is 7.55. The molecule has 0 aliphatic rings. The van der Waals surface area contributed by atoms with Crippen molar-refractivity contribution in [3.8, 4) is 0 Å². The summed E-state index contributed by atoms with van der Waals surface area (Å²) in [5, 5.41) is -0.222. The highest BCUT2D eigenvalue weighted by atomic mass is 35.5. The fraction of sp³-hybridized carbons (Fsp3) is 0.143. The third kappa shape index (κ3) is 2.30. The average Bonchev–Trinajstić information content (AvgIpc) is 1.97. The molecule has 0 heterocycles. The van der Waals surface area contributed by atoms with E-state index in [0.717, 1.165) is 12.1 Å². The van der Waals surface area contributed by atoms with Gasteiger partial charge in [0.05, 0.1) is 5.02 Å². The molecule has 0 bridgehead atoms. The Kier molecular flexibility index (Phi) is 4.45. The molecule has 0 saturated heterocycles. The quantitative estimate of drug-likeness (QED) is 0.714. The number of hydrogen-bond acceptors (Lipinski definition) is 1. The second kappa shape index (κ2) is 4.60. The van der Waals surface area contributed by atoms with Crippen LogP contribution in [0.4, 0.5) is 8.78 Å². The molecule has 12 heavy (non-hydrogen) atoms. The van der Waals surface area contributed by atoms with Crippen molar-refractivity contribution in [1.29, 1.82) is 0 Å². The summed E-state index contributed by atoms with van der Waals surface area (Å²) >= 11 is 5.29. The van der Waals surface area contributed by atoms with E-state index in [9.17, 15) is 8.78 Å². The first kappa shape index (κ1) is 11.6. The van der Waals surface area contributed by atoms with Gasteiger partial charge in [0.2, 0.25) is 0 Å². The lowest BCUT2D eigenvalue weighted by Crippen LogP contribution is -2.00. The third-order valence-corrected chi connectivity index (χ3v) is 1.60. The maximum atomic E-state index is 12.7. The topological polar surface area (TPSA) is 26.0 Å². The number of nitrogens with two attached hydrogens (primary N) is 1. The summed E-state index contributed by atoms with van der Waals surface area (Å²) in [5.41, 5.74) is 5.25. The van der Waals surface area contributed by atoms with Crippen molar-refractivity contribution in [1.82, 2.24) is 0 Å². The molecule has 0 aromatic heterocycles. The minimum atomic E-state index is -0.645. The van der Waals surface area contributed by atoms with Crippen LogP contribution in [0, 0.1) is 11.6 Å². The zero-order chi connectivity index (χ0) is 8.43. The number of hydrogen-bond donors (Lipinski definition) is 1. The van der Waals surface area contributed by atoms with E-state index < -0.39 is 11.6 Å². The molecule has 0 amide bonds. The van der Waals surface area contributed by atoms with Gasteiger partial charge in [-0.3, -0.25) is 0 Å². The molecule has 0 unspecified atom stereocenters. The molecule has 0 atom stereocenters. The van der Waals surface area contributed by atoms with Gasteiger partial charge in [0.15, 0.2) is 0 Å². The van der Waals surface area contributed by atoms with Crippen LogP contribution in [-0.4, -0.2) is 0 Å². The Labute approximate surface area is 79.9 Å². The number of benzene rings is 1. The molecule has 0 radical (unpaired) electrons. The predicted octanol–water partition coefficient (Wildman–Crippen LogP) is 2.50. The molecule has 0 spiro atoms. The molecule has 1 aromatic rings. The summed E-state index contributed by atoms with van der Waals surface area (Å²) in [6.45, 7) is -0.0279. The highest BCUT2D eigenvalue weighted by Gasteiger charge is 2.05. The van der Waals surface area contributed by atoms with Crippen LogP contribution < -0.4 is 5.73 Å². The van der Waals surface area contributed by atoms with Gasteiger partial charge in [-0.2, -0.15) is 0 Å². The summed E-state index contributed by atoms with van der Waals surface area (Å²) < 4.78 is 25.3. The van der Waals surface area contributed by atoms with Gasteiger partial charge in [-0.05, 0) is 12.1 Å². The van der Waals surface area contributed by atoms with Gasteiger partial charge in [-0.15, -0.1) is 12.4 Å². The minimum absolute atomic E-state index is 0. The predicted molar refractivity (Wildman–Crippen MR) is 46.5 cm³/mol. The van der Waals surface area contributed by atoms with Gasteiger partial charge in [0.1, 0.15) is 11.6 Å². The Hall–Kier alpha value is -0.380. The minimum Gasteiger partial charge on any atom is -0.326 e. The number of halogens is 4. The lowest BCUT2D eigenvalue weighted by Gasteiger charge is -2.00. The van der Waals surface area contributed by atoms with E-state index in [1.165, 1.54) is 0 Å². The van der Waals surface area contributed by atoms with E-state index in [4.69, 9.17) is 17.3 Å². The molecule has 1 rings (SSSR count). The lowest BCUT2D eigenvalue weighted by atomic mass is 10.2. The zero-order valence-electron chi connectivity index (χ0n) is 5.98. The Morgan fingerprint density at radius 2 is 1.83 bits per heavy atom. The second-order valence-corrected chi connectivity index (χ2v) is 2.47. The molecule has 2 N–H and O–H groups in total. The molecule has 1 aromatic carbocycles. The van der Waals surface area contributed by atoms with Crippen LogP contribution in [-0.2, 0) is 6.54 Å². The standard InChI is InChI=1S/C7H6ClF2N.ClH/c8-5-2-6(9)4(3-11)1-7(5)10;/h1-2H,3,11H2;1H. The maximum absolute atomic E-state index is 12.7.